The maximum absolute atomic E-state index is 5.37. The highest BCUT2D eigenvalue weighted by atomic mass is 16.5. The first-order valence-electron chi connectivity index (χ1n) is 5.99. The molecule has 2 rings (SSSR count). The second-order valence-corrected chi connectivity index (χ2v) is 3.80. The third-order valence-electron chi connectivity index (χ3n) is 2.42. The van der Waals surface area contributed by atoms with Crippen molar-refractivity contribution >= 4 is 12.7 Å². The molecule has 0 aliphatic carbocycles. The van der Waals surface area contributed by atoms with E-state index in [2.05, 4.69) is 28.1 Å². The Balaban J connectivity index is 2.50. The van der Waals surface area contributed by atoms with Gasteiger partial charge in [0.1, 0.15) is 5.69 Å². The molecule has 19 heavy (non-hydrogen) atoms. The predicted molar refractivity (Wildman–Crippen MR) is 75.9 cm³/mol. The first-order chi connectivity index (χ1) is 9.24. The van der Waals surface area contributed by atoms with Crippen LogP contribution in [-0.4, -0.2) is 21.6 Å². The maximum Gasteiger partial charge on any atom is 0.213 e. The Morgan fingerprint density at radius 3 is 2.89 bits per heavy atom. The molecule has 0 saturated heterocycles. The predicted octanol–water partition coefficient (Wildman–Crippen LogP) is 1.31. The summed E-state index contributed by atoms with van der Waals surface area (Å²) in [6, 6.07) is 5.52. The molecule has 0 radical (unpaired) electrons. The van der Waals surface area contributed by atoms with Crippen LogP contribution in [0.15, 0.2) is 37.1 Å². The van der Waals surface area contributed by atoms with Crippen LogP contribution in [-0.2, 0) is 0 Å². The van der Waals surface area contributed by atoms with Crippen LogP contribution in [0.25, 0.3) is 24.2 Å². The minimum atomic E-state index is 0.544. The van der Waals surface area contributed by atoms with Crippen molar-refractivity contribution in [3.05, 3.63) is 47.6 Å². The van der Waals surface area contributed by atoms with Gasteiger partial charge in [-0.1, -0.05) is 25.3 Å². The van der Waals surface area contributed by atoms with Crippen molar-refractivity contribution in [2.75, 3.05) is 6.61 Å². The Kier molecular flexibility index (Phi) is 4.03. The average molecular weight is 253 g/mol. The molecule has 0 unspecified atom stereocenters. The molecule has 0 aliphatic heterocycles. The van der Waals surface area contributed by atoms with E-state index in [1.807, 2.05) is 19.1 Å². The summed E-state index contributed by atoms with van der Waals surface area (Å²) >= 11 is 0. The molecule has 0 bridgehead atoms. The number of ether oxygens (including phenoxy) is 1. The van der Waals surface area contributed by atoms with Gasteiger partial charge in [-0.25, -0.2) is 15.0 Å². The van der Waals surface area contributed by atoms with Gasteiger partial charge in [-0.15, -0.1) is 0 Å². The molecular formula is C15H15N3O. The van der Waals surface area contributed by atoms with E-state index in [0.717, 1.165) is 10.6 Å². The third-order valence-corrected chi connectivity index (χ3v) is 2.42. The Morgan fingerprint density at radius 1 is 1.32 bits per heavy atom. The first-order valence-corrected chi connectivity index (χ1v) is 5.99. The quantitative estimate of drug-likeness (QED) is 0.824. The molecule has 2 aromatic rings. The Hall–Kier alpha value is -2.49. The lowest BCUT2D eigenvalue weighted by Gasteiger charge is -2.04. The van der Waals surface area contributed by atoms with Gasteiger partial charge in [0.2, 0.25) is 5.88 Å². The molecule has 0 spiro atoms. The number of allylic oxidation sites excluding steroid dienone is 1. The molecule has 0 aliphatic rings. The zero-order valence-electron chi connectivity index (χ0n) is 10.8. The van der Waals surface area contributed by atoms with Crippen LogP contribution in [0.4, 0.5) is 0 Å². The van der Waals surface area contributed by atoms with Gasteiger partial charge in [0.15, 0.2) is 5.82 Å². The van der Waals surface area contributed by atoms with Gasteiger partial charge in [-0.05, 0) is 19.1 Å². The number of rotatable bonds is 4. The summed E-state index contributed by atoms with van der Waals surface area (Å²) in [4.78, 5) is 13.0. The standard InChI is InChI=1S/C15H15N3O/c1-4-7-12-11(3)10-16-15(18-12)13-8-6-9-14(17-13)19-5-2/h4,6-10H,1,3,5H2,2H3/b12-7+. The second-order valence-electron chi connectivity index (χ2n) is 3.80. The van der Waals surface area contributed by atoms with Gasteiger partial charge >= 0.3 is 0 Å². The summed E-state index contributed by atoms with van der Waals surface area (Å²) in [6.07, 6.45) is 5.14. The van der Waals surface area contributed by atoms with E-state index in [1.165, 1.54) is 0 Å². The van der Waals surface area contributed by atoms with Crippen molar-refractivity contribution in [1.29, 1.82) is 0 Å². The Bertz CT molecular complexity index is 695. The largest absolute Gasteiger partial charge is 0.478 e. The topological polar surface area (TPSA) is 47.9 Å². The Labute approximate surface area is 111 Å². The summed E-state index contributed by atoms with van der Waals surface area (Å²) in [5.41, 5.74) is 0.671. The molecular weight excluding hydrogens is 238 g/mol. The van der Waals surface area contributed by atoms with E-state index in [-0.39, 0.29) is 0 Å². The summed E-state index contributed by atoms with van der Waals surface area (Å²) in [5.74, 6) is 1.11. The lowest BCUT2D eigenvalue weighted by molar-refractivity contribution is 0.327. The van der Waals surface area contributed by atoms with Gasteiger partial charge in [0, 0.05) is 17.5 Å². The molecule has 0 N–H and O–H groups in total. The molecule has 0 amide bonds. The molecule has 0 atom stereocenters. The fourth-order valence-electron chi connectivity index (χ4n) is 1.57. The van der Waals surface area contributed by atoms with Crippen molar-refractivity contribution in [2.45, 2.75) is 6.92 Å². The summed E-state index contributed by atoms with van der Waals surface area (Å²) in [5, 5.41) is 1.49. The van der Waals surface area contributed by atoms with Crippen molar-refractivity contribution in [2.24, 2.45) is 0 Å². The lowest BCUT2D eigenvalue weighted by Crippen LogP contribution is -2.28. The molecule has 2 heterocycles. The number of hydrogen-bond donors (Lipinski definition) is 0. The van der Waals surface area contributed by atoms with Gasteiger partial charge in [0.25, 0.3) is 0 Å². The van der Waals surface area contributed by atoms with Crippen LogP contribution in [0.5, 0.6) is 5.88 Å². The molecule has 0 saturated carbocycles. The van der Waals surface area contributed by atoms with Crippen LogP contribution in [0.3, 0.4) is 0 Å². The maximum atomic E-state index is 5.37. The summed E-state index contributed by atoms with van der Waals surface area (Å²) < 4.78 is 5.37. The van der Waals surface area contributed by atoms with Crippen molar-refractivity contribution < 1.29 is 4.74 Å². The number of aromatic nitrogens is 3. The minimum absolute atomic E-state index is 0.544. The van der Waals surface area contributed by atoms with Gasteiger partial charge in [0.05, 0.1) is 12.0 Å². The summed E-state index contributed by atoms with van der Waals surface area (Å²) in [7, 11) is 0. The molecule has 0 fully saturated rings. The first kappa shape index (κ1) is 13.0. The fraction of sp³-hybridized carbons (Fsp3) is 0.133. The van der Waals surface area contributed by atoms with Gasteiger partial charge in [-0.2, -0.15) is 0 Å². The van der Waals surface area contributed by atoms with E-state index in [0.29, 0.717) is 24.0 Å². The molecule has 4 nitrogen and oxygen atoms in total. The van der Waals surface area contributed by atoms with Gasteiger partial charge < -0.3 is 4.74 Å². The monoisotopic (exact) mass is 253 g/mol. The van der Waals surface area contributed by atoms with Crippen LogP contribution >= 0.6 is 0 Å². The normalized spacial score (nSPS) is 11.3. The lowest BCUT2D eigenvalue weighted by atomic mass is 10.3. The highest BCUT2D eigenvalue weighted by Crippen LogP contribution is 2.14. The van der Waals surface area contributed by atoms with E-state index in [4.69, 9.17) is 4.74 Å². The highest BCUT2D eigenvalue weighted by molar-refractivity contribution is 5.50. The van der Waals surface area contributed by atoms with E-state index < -0.39 is 0 Å². The smallest absolute Gasteiger partial charge is 0.213 e. The molecule has 96 valence electrons. The zero-order valence-corrected chi connectivity index (χ0v) is 10.8. The fourth-order valence-corrected chi connectivity index (χ4v) is 1.57. The van der Waals surface area contributed by atoms with Gasteiger partial charge in [-0.3, -0.25) is 0 Å². The van der Waals surface area contributed by atoms with Crippen molar-refractivity contribution in [1.82, 2.24) is 15.0 Å². The van der Waals surface area contributed by atoms with Crippen LogP contribution in [0.1, 0.15) is 6.92 Å². The van der Waals surface area contributed by atoms with Crippen LogP contribution < -0.4 is 15.3 Å². The van der Waals surface area contributed by atoms with Crippen LogP contribution in [0, 0.1) is 0 Å². The number of hydrogen-bond acceptors (Lipinski definition) is 4. The molecule has 4 heteroatoms. The average Bonchev–Trinajstić information content (AvgIpc) is 2.42. The minimum Gasteiger partial charge on any atom is -0.478 e. The second kappa shape index (κ2) is 5.91. The Morgan fingerprint density at radius 2 is 2.16 bits per heavy atom. The van der Waals surface area contributed by atoms with Crippen molar-refractivity contribution in [3.8, 4) is 17.4 Å². The molecule has 2 aromatic heterocycles. The zero-order chi connectivity index (χ0) is 13.7. The highest BCUT2D eigenvalue weighted by Gasteiger charge is 2.04. The van der Waals surface area contributed by atoms with Crippen molar-refractivity contribution in [3.63, 3.8) is 0 Å². The SMILES string of the molecule is C=C/C=c1/nc(-c2cccc(OCC)n2)ncc1=C. The number of pyridine rings is 1. The van der Waals surface area contributed by atoms with Crippen LogP contribution in [0.2, 0.25) is 0 Å². The number of nitrogens with zero attached hydrogens (tertiary/aromatic N) is 3. The van der Waals surface area contributed by atoms with E-state index in [1.54, 1.807) is 24.4 Å². The van der Waals surface area contributed by atoms with E-state index >= 15 is 0 Å². The molecule has 0 aromatic carbocycles. The summed E-state index contributed by atoms with van der Waals surface area (Å²) in [6.45, 7) is 10.0. The third kappa shape index (κ3) is 3.04. The van der Waals surface area contributed by atoms with E-state index in [9.17, 15) is 0 Å².